The molecule has 0 N–H and O–H groups in total. The van der Waals surface area contributed by atoms with Crippen LogP contribution in [-0.2, 0) is 0 Å². The summed E-state index contributed by atoms with van der Waals surface area (Å²) in [5, 5.41) is 24.3. The monoisotopic (exact) mass is 635 g/mol. The second-order valence-electron chi connectivity index (χ2n) is 12.3. The predicted molar refractivity (Wildman–Crippen MR) is 202 cm³/mol. The fourth-order valence-electron chi connectivity index (χ4n) is 7.42. The van der Waals surface area contributed by atoms with E-state index < -0.39 is 0 Å². The van der Waals surface area contributed by atoms with Crippen LogP contribution in [-0.4, -0.2) is 9.13 Å². The highest BCUT2D eigenvalue weighted by atomic mass is 15.0. The molecular formula is C45H25N5. The van der Waals surface area contributed by atoms with E-state index in [4.69, 9.17) is 6.57 Å². The number of fused-ring (bicyclic) bond motifs is 6. The summed E-state index contributed by atoms with van der Waals surface area (Å²) in [7, 11) is 0. The van der Waals surface area contributed by atoms with E-state index in [2.05, 4.69) is 98.9 Å². The van der Waals surface area contributed by atoms with Gasteiger partial charge in [0, 0.05) is 32.8 Å². The van der Waals surface area contributed by atoms with Crippen LogP contribution in [0, 0.1) is 29.2 Å². The van der Waals surface area contributed by atoms with Gasteiger partial charge in [-0.1, -0.05) is 103 Å². The van der Waals surface area contributed by atoms with Crippen LogP contribution in [0.3, 0.4) is 0 Å². The first kappa shape index (κ1) is 28.8. The van der Waals surface area contributed by atoms with E-state index in [0.29, 0.717) is 22.5 Å². The summed E-state index contributed by atoms with van der Waals surface area (Å²) in [6, 6.07) is 55.5. The molecule has 2 heterocycles. The third kappa shape index (κ3) is 4.31. The highest BCUT2D eigenvalue weighted by Gasteiger charge is 2.22. The number of hydrogen-bond acceptors (Lipinski definition) is 2. The molecule has 5 nitrogen and oxygen atoms in total. The van der Waals surface area contributed by atoms with Gasteiger partial charge in [0.2, 0.25) is 5.69 Å². The highest BCUT2D eigenvalue weighted by Crippen LogP contribution is 2.43. The van der Waals surface area contributed by atoms with Gasteiger partial charge in [0.25, 0.3) is 0 Å². The first-order chi connectivity index (χ1) is 24.7. The minimum Gasteiger partial charge on any atom is -0.318 e. The van der Waals surface area contributed by atoms with E-state index in [1.54, 1.807) is 12.1 Å². The quantitative estimate of drug-likeness (QED) is 0.181. The first-order valence-electron chi connectivity index (χ1n) is 16.3. The molecule has 9 aromatic rings. The molecule has 0 fully saturated rings. The maximum Gasteiger partial charge on any atom is 0.211 e. The number of benzene rings is 7. The van der Waals surface area contributed by atoms with Crippen molar-refractivity contribution in [2.75, 3.05) is 0 Å². The molecule has 9 rings (SSSR count). The molecule has 0 atom stereocenters. The van der Waals surface area contributed by atoms with Crippen LogP contribution in [0.5, 0.6) is 0 Å². The number of para-hydroxylation sites is 3. The molecule has 230 valence electrons. The Labute approximate surface area is 288 Å². The molecule has 0 aliphatic carbocycles. The van der Waals surface area contributed by atoms with Gasteiger partial charge in [-0.15, -0.1) is 0 Å². The van der Waals surface area contributed by atoms with Gasteiger partial charge in [-0.3, -0.25) is 0 Å². The average Bonchev–Trinajstić information content (AvgIpc) is 3.70. The molecule has 0 amide bonds. The Morgan fingerprint density at radius 3 is 1.72 bits per heavy atom. The topological polar surface area (TPSA) is 61.8 Å². The maximum atomic E-state index is 10.4. The summed E-state index contributed by atoms with van der Waals surface area (Å²) in [6.45, 7) is 8.15. The Bertz CT molecular complexity index is 2900. The van der Waals surface area contributed by atoms with Gasteiger partial charge in [-0.25, -0.2) is 4.85 Å². The van der Waals surface area contributed by atoms with Crippen molar-refractivity contribution in [3.8, 4) is 45.8 Å². The molecule has 0 radical (unpaired) electrons. The molecule has 0 unspecified atom stereocenters. The van der Waals surface area contributed by atoms with Crippen LogP contribution in [0.1, 0.15) is 11.1 Å². The molecule has 50 heavy (non-hydrogen) atoms. The summed E-state index contributed by atoms with van der Waals surface area (Å²) < 4.78 is 4.38. The van der Waals surface area contributed by atoms with Gasteiger partial charge >= 0.3 is 0 Å². The second kappa shape index (κ2) is 11.4. The second-order valence-corrected chi connectivity index (χ2v) is 12.3. The molecule has 0 aliphatic rings. The van der Waals surface area contributed by atoms with Crippen LogP contribution >= 0.6 is 0 Å². The van der Waals surface area contributed by atoms with E-state index in [-0.39, 0.29) is 0 Å². The lowest BCUT2D eigenvalue weighted by Crippen LogP contribution is -2.00. The van der Waals surface area contributed by atoms with Gasteiger partial charge in [-0.2, -0.15) is 10.5 Å². The standard InChI is InChI=1S/C45H25N5/c1-48-39-23-22-33(28-47)44(45(39)50-41-15-6-2-11-35(41)36-12-3-7-16-42(36)50)31-20-18-30(19-21-31)32-9-8-10-34(26-32)49-40-14-5-4-13-37(40)38-25-29(27-46)17-24-43(38)49/h2-26H. The van der Waals surface area contributed by atoms with Gasteiger partial charge in [-0.05, 0) is 65.2 Å². The van der Waals surface area contributed by atoms with Crippen molar-refractivity contribution in [1.29, 1.82) is 10.5 Å². The van der Waals surface area contributed by atoms with Crippen molar-refractivity contribution in [3.05, 3.63) is 174 Å². The lowest BCUT2D eigenvalue weighted by atomic mass is 9.94. The molecule has 0 saturated carbocycles. The van der Waals surface area contributed by atoms with E-state index in [0.717, 1.165) is 71.6 Å². The van der Waals surface area contributed by atoms with Crippen molar-refractivity contribution in [1.82, 2.24) is 9.13 Å². The van der Waals surface area contributed by atoms with Crippen LogP contribution in [0.4, 0.5) is 5.69 Å². The molecule has 0 aliphatic heterocycles. The van der Waals surface area contributed by atoms with Crippen molar-refractivity contribution >= 4 is 49.3 Å². The zero-order valence-electron chi connectivity index (χ0n) is 26.7. The zero-order chi connectivity index (χ0) is 33.8. The average molecular weight is 636 g/mol. The third-order valence-electron chi connectivity index (χ3n) is 9.61. The summed E-state index contributed by atoms with van der Waals surface area (Å²) >= 11 is 0. The maximum absolute atomic E-state index is 10.4. The van der Waals surface area contributed by atoms with E-state index in [1.165, 1.54) is 0 Å². The smallest absolute Gasteiger partial charge is 0.211 e. The lowest BCUT2D eigenvalue weighted by molar-refractivity contribution is 1.18. The Morgan fingerprint density at radius 2 is 1.08 bits per heavy atom. The minimum atomic E-state index is 0.482. The van der Waals surface area contributed by atoms with Crippen molar-refractivity contribution in [3.63, 3.8) is 0 Å². The van der Waals surface area contributed by atoms with Crippen LogP contribution in [0.2, 0.25) is 0 Å². The lowest BCUT2D eigenvalue weighted by Gasteiger charge is -2.18. The summed E-state index contributed by atoms with van der Waals surface area (Å²) in [5.41, 5.74) is 11.1. The number of rotatable bonds is 4. The van der Waals surface area contributed by atoms with E-state index in [9.17, 15) is 10.5 Å². The molecule has 0 spiro atoms. The van der Waals surface area contributed by atoms with Crippen molar-refractivity contribution in [2.45, 2.75) is 0 Å². The Hall–Kier alpha value is -7.39. The molecule has 2 aromatic heterocycles. The Morgan fingerprint density at radius 1 is 0.480 bits per heavy atom. The van der Waals surface area contributed by atoms with Crippen molar-refractivity contribution < 1.29 is 0 Å². The first-order valence-corrected chi connectivity index (χ1v) is 16.3. The number of hydrogen-bond donors (Lipinski definition) is 0. The molecular weight excluding hydrogens is 611 g/mol. The number of aromatic nitrogens is 2. The van der Waals surface area contributed by atoms with Crippen LogP contribution in [0.25, 0.3) is 82.1 Å². The van der Waals surface area contributed by atoms with Crippen molar-refractivity contribution in [2.24, 2.45) is 0 Å². The third-order valence-corrected chi connectivity index (χ3v) is 9.61. The van der Waals surface area contributed by atoms with E-state index >= 15 is 0 Å². The van der Waals surface area contributed by atoms with Gasteiger partial charge in [0.05, 0.1) is 57.6 Å². The summed E-state index contributed by atoms with van der Waals surface area (Å²) in [6.07, 6.45) is 0. The molecule has 5 heteroatoms. The fraction of sp³-hybridized carbons (Fsp3) is 0. The van der Waals surface area contributed by atoms with Gasteiger partial charge < -0.3 is 9.13 Å². The normalized spacial score (nSPS) is 11.1. The number of nitrogens with zero attached hydrogens (tertiary/aromatic N) is 5. The van der Waals surface area contributed by atoms with Gasteiger partial charge in [0.1, 0.15) is 0 Å². The Balaban J connectivity index is 1.20. The fourth-order valence-corrected chi connectivity index (χ4v) is 7.42. The van der Waals surface area contributed by atoms with Gasteiger partial charge in [0.15, 0.2) is 0 Å². The van der Waals surface area contributed by atoms with Crippen LogP contribution < -0.4 is 0 Å². The SMILES string of the molecule is [C-]#[N+]c1ccc(C#N)c(-c2ccc(-c3cccc(-n4c5ccccc5c5cc(C#N)ccc54)c3)cc2)c1-n1c2ccccc2c2ccccc21. The molecule has 7 aromatic carbocycles. The summed E-state index contributed by atoms with van der Waals surface area (Å²) in [4.78, 5) is 3.96. The van der Waals surface area contributed by atoms with Crippen LogP contribution in [0.15, 0.2) is 152 Å². The zero-order valence-corrected chi connectivity index (χ0v) is 26.7. The highest BCUT2D eigenvalue weighted by molar-refractivity contribution is 6.11. The molecule has 0 bridgehead atoms. The Kier molecular flexibility index (Phi) is 6.56. The largest absolute Gasteiger partial charge is 0.318 e. The molecule has 0 saturated heterocycles. The van der Waals surface area contributed by atoms with E-state index in [1.807, 2.05) is 66.7 Å². The number of nitriles is 2. The predicted octanol–water partition coefficient (Wildman–Crippen LogP) is 11.5. The summed E-state index contributed by atoms with van der Waals surface area (Å²) in [5.74, 6) is 0. The minimum absolute atomic E-state index is 0.482.